The smallest absolute Gasteiger partial charge is 0.349 e. The number of anilines is 1. The van der Waals surface area contributed by atoms with Crippen LogP contribution in [0.5, 0.6) is 0 Å². The highest BCUT2D eigenvalue weighted by Crippen LogP contribution is 2.28. The second-order valence-electron chi connectivity index (χ2n) is 4.53. The van der Waals surface area contributed by atoms with Crippen LogP contribution in [-0.4, -0.2) is 31.7 Å². The van der Waals surface area contributed by atoms with E-state index in [1.807, 2.05) is 7.05 Å². The Labute approximate surface area is 106 Å². The van der Waals surface area contributed by atoms with Gasteiger partial charge in [0.1, 0.15) is 4.88 Å². The summed E-state index contributed by atoms with van der Waals surface area (Å²) in [5.74, 6) is 0.480. The molecule has 1 aromatic heterocycles. The van der Waals surface area contributed by atoms with E-state index in [4.69, 9.17) is 0 Å². The van der Waals surface area contributed by atoms with Crippen LogP contribution in [-0.2, 0) is 4.74 Å². The maximum Gasteiger partial charge on any atom is 0.349 e. The van der Waals surface area contributed by atoms with Gasteiger partial charge in [-0.25, -0.2) is 9.78 Å². The zero-order valence-corrected chi connectivity index (χ0v) is 11.1. The first kappa shape index (κ1) is 12.4. The molecular formula is C12H18N2O2S. The second-order valence-corrected chi connectivity index (χ2v) is 5.54. The molecule has 1 aliphatic carbocycles. The van der Waals surface area contributed by atoms with Crippen molar-refractivity contribution in [1.29, 1.82) is 0 Å². The number of esters is 1. The standard InChI is InChI=1S/C12H18N2O2S/c1-14(8-9-5-3-4-6-9)12-13-7-10(17-12)11(15)16-2/h7,9H,3-6,8H2,1-2H3. The number of thiazole rings is 1. The van der Waals surface area contributed by atoms with Gasteiger partial charge in [-0.2, -0.15) is 0 Å². The summed E-state index contributed by atoms with van der Waals surface area (Å²) in [7, 11) is 3.43. The predicted molar refractivity (Wildman–Crippen MR) is 68.7 cm³/mol. The van der Waals surface area contributed by atoms with E-state index in [0.29, 0.717) is 4.88 Å². The van der Waals surface area contributed by atoms with Crippen LogP contribution in [0.4, 0.5) is 5.13 Å². The fraction of sp³-hybridized carbons (Fsp3) is 0.667. The molecule has 0 unspecified atom stereocenters. The number of hydrogen-bond acceptors (Lipinski definition) is 5. The van der Waals surface area contributed by atoms with Gasteiger partial charge in [0, 0.05) is 13.6 Å². The van der Waals surface area contributed by atoms with E-state index >= 15 is 0 Å². The van der Waals surface area contributed by atoms with Gasteiger partial charge in [-0.05, 0) is 18.8 Å². The molecule has 0 saturated heterocycles. The zero-order valence-electron chi connectivity index (χ0n) is 10.3. The van der Waals surface area contributed by atoms with Gasteiger partial charge in [0.25, 0.3) is 0 Å². The molecule has 0 aliphatic heterocycles. The molecule has 2 rings (SSSR count). The van der Waals surface area contributed by atoms with Crippen molar-refractivity contribution < 1.29 is 9.53 Å². The first-order chi connectivity index (χ1) is 8.20. The van der Waals surface area contributed by atoms with Crippen molar-refractivity contribution in [2.75, 3.05) is 25.6 Å². The lowest BCUT2D eigenvalue weighted by atomic mass is 10.1. The van der Waals surface area contributed by atoms with Crippen molar-refractivity contribution in [1.82, 2.24) is 4.98 Å². The van der Waals surface area contributed by atoms with Crippen LogP contribution in [0.25, 0.3) is 0 Å². The van der Waals surface area contributed by atoms with Gasteiger partial charge < -0.3 is 9.64 Å². The Kier molecular flexibility index (Phi) is 3.99. The van der Waals surface area contributed by atoms with Crippen LogP contribution in [0.15, 0.2) is 6.20 Å². The van der Waals surface area contributed by atoms with E-state index in [1.165, 1.54) is 44.1 Å². The molecule has 0 bridgehead atoms. The van der Waals surface area contributed by atoms with E-state index in [2.05, 4.69) is 14.6 Å². The third-order valence-electron chi connectivity index (χ3n) is 3.21. The number of ether oxygens (including phenoxy) is 1. The van der Waals surface area contributed by atoms with Crippen molar-refractivity contribution >= 4 is 22.4 Å². The molecule has 1 saturated carbocycles. The Morgan fingerprint density at radius 2 is 2.29 bits per heavy atom. The molecule has 0 atom stereocenters. The van der Waals surface area contributed by atoms with Gasteiger partial charge in [-0.15, -0.1) is 0 Å². The summed E-state index contributed by atoms with van der Waals surface area (Å²) in [6, 6.07) is 0. The highest BCUT2D eigenvalue weighted by Gasteiger charge is 2.19. The average Bonchev–Trinajstić information content (AvgIpc) is 2.98. The number of nitrogens with zero attached hydrogens (tertiary/aromatic N) is 2. The molecule has 17 heavy (non-hydrogen) atoms. The molecular weight excluding hydrogens is 236 g/mol. The Balaban J connectivity index is 1.96. The summed E-state index contributed by atoms with van der Waals surface area (Å²) in [6.07, 6.45) is 6.93. The van der Waals surface area contributed by atoms with E-state index < -0.39 is 0 Å². The molecule has 0 spiro atoms. The first-order valence-electron chi connectivity index (χ1n) is 5.96. The minimum atomic E-state index is -0.303. The maximum atomic E-state index is 11.3. The lowest BCUT2D eigenvalue weighted by Gasteiger charge is -2.19. The summed E-state index contributed by atoms with van der Waals surface area (Å²) in [5, 5.41) is 0.900. The molecule has 0 aromatic carbocycles. The molecule has 0 N–H and O–H groups in total. The zero-order chi connectivity index (χ0) is 12.3. The molecule has 1 aliphatic rings. The topological polar surface area (TPSA) is 42.4 Å². The van der Waals surface area contributed by atoms with Crippen molar-refractivity contribution in [3.05, 3.63) is 11.1 Å². The van der Waals surface area contributed by atoms with Gasteiger partial charge in [-0.1, -0.05) is 24.2 Å². The monoisotopic (exact) mass is 254 g/mol. The Morgan fingerprint density at radius 1 is 1.59 bits per heavy atom. The van der Waals surface area contributed by atoms with Crippen LogP contribution in [0.3, 0.4) is 0 Å². The van der Waals surface area contributed by atoms with Crippen molar-refractivity contribution in [3.8, 4) is 0 Å². The molecule has 4 nitrogen and oxygen atoms in total. The largest absolute Gasteiger partial charge is 0.465 e. The van der Waals surface area contributed by atoms with E-state index in [-0.39, 0.29) is 5.97 Å². The Bertz CT molecular complexity index is 386. The van der Waals surface area contributed by atoms with Crippen molar-refractivity contribution in [2.45, 2.75) is 25.7 Å². The van der Waals surface area contributed by atoms with Gasteiger partial charge in [-0.3, -0.25) is 0 Å². The number of carbonyl (C=O) groups is 1. The number of hydrogen-bond donors (Lipinski definition) is 0. The van der Waals surface area contributed by atoms with Crippen molar-refractivity contribution in [3.63, 3.8) is 0 Å². The van der Waals surface area contributed by atoms with E-state index in [1.54, 1.807) is 6.20 Å². The quantitative estimate of drug-likeness (QED) is 0.774. The van der Waals surface area contributed by atoms with Crippen LogP contribution < -0.4 is 4.90 Å². The summed E-state index contributed by atoms with van der Waals surface area (Å²) >= 11 is 1.40. The molecule has 94 valence electrons. The second kappa shape index (κ2) is 5.49. The normalized spacial score (nSPS) is 16.1. The van der Waals surface area contributed by atoms with Gasteiger partial charge >= 0.3 is 5.97 Å². The van der Waals surface area contributed by atoms with E-state index in [9.17, 15) is 4.79 Å². The highest BCUT2D eigenvalue weighted by atomic mass is 32.1. The van der Waals surface area contributed by atoms with Gasteiger partial charge in [0.2, 0.25) is 0 Å². The summed E-state index contributed by atoms with van der Waals surface area (Å²) in [4.78, 5) is 18.3. The van der Waals surface area contributed by atoms with Crippen LogP contribution >= 0.6 is 11.3 Å². The summed E-state index contributed by atoms with van der Waals surface area (Å²) in [5.41, 5.74) is 0. The maximum absolute atomic E-state index is 11.3. The fourth-order valence-electron chi connectivity index (χ4n) is 2.29. The number of rotatable bonds is 4. The summed E-state index contributed by atoms with van der Waals surface area (Å²) < 4.78 is 4.68. The SMILES string of the molecule is COC(=O)c1cnc(N(C)CC2CCCC2)s1. The fourth-order valence-corrected chi connectivity index (χ4v) is 3.10. The Morgan fingerprint density at radius 3 is 2.94 bits per heavy atom. The molecule has 0 amide bonds. The molecule has 1 aromatic rings. The molecule has 5 heteroatoms. The lowest BCUT2D eigenvalue weighted by Crippen LogP contribution is -2.23. The third-order valence-corrected chi connectivity index (χ3v) is 4.31. The van der Waals surface area contributed by atoms with Crippen LogP contribution in [0, 0.1) is 5.92 Å². The van der Waals surface area contributed by atoms with Crippen LogP contribution in [0.1, 0.15) is 35.4 Å². The molecule has 1 heterocycles. The van der Waals surface area contributed by atoms with Crippen molar-refractivity contribution in [2.24, 2.45) is 5.92 Å². The van der Waals surface area contributed by atoms with Gasteiger partial charge in [0.05, 0.1) is 13.3 Å². The summed E-state index contributed by atoms with van der Waals surface area (Å²) in [6.45, 7) is 1.04. The number of carbonyl (C=O) groups excluding carboxylic acids is 1. The minimum Gasteiger partial charge on any atom is -0.465 e. The first-order valence-corrected chi connectivity index (χ1v) is 6.77. The lowest BCUT2D eigenvalue weighted by molar-refractivity contribution is 0.0606. The van der Waals surface area contributed by atoms with Gasteiger partial charge in [0.15, 0.2) is 5.13 Å². The molecule has 0 radical (unpaired) electrons. The Hall–Kier alpha value is -1.10. The highest BCUT2D eigenvalue weighted by molar-refractivity contribution is 7.17. The average molecular weight is 254 g/mol. The molecule has 1 fully saturated rings. The predicted octanol–water partition coefficient (Wildman–Crippen LogP) is 2.56. The number of aromatic nitrogens is 1. The van der Waals surface area contributed by atoms with E-state index in [0.717, 1.165) is 17.6 Å². The minimum absolute atomic E-state index is 0.303. The van der Waals surface area contributed by atoms with Crippen LogP contribution in [0.2, 0.25) is 0 Å². The number of methoxy groups -OCH3 is 1. The third kappa shape index (κ3) is 2.97.